The standard InChI is InChI=1S/C15H19F2N3O/c1-11-13(20-8-6-15(16,17)7-9-20)19-12(10-18-11)4-5-14(2,3)21/h10,21H,6-9H2,1-3H3. The van der Waals surface area contributed by atoms with Crippen molar-refractivity contribution < 1.29 is 13.9 Å². The predicted octanol–water partition coefficient (Wildman–Crippen LogP) is 2.14. The van der Waals surface area contributed by atoms with E-state index in [0.717, 1.165) is 0 Å². The van der Waals surface area contributed by atoms with Crippen LogP contribution in [0.4, 0.5) is 14.6 Å². The average molecular weight is 295 g/mol. The van der Waals surface area contributed by atoms with E-state index in [1.807, 2.05) is 4.90 Å². The van der Waals surface area contributed by atoms with Crippen molar-refractivity contribution in [1.29, 1.82) is 0 Å². The molecule has 2 heterocycles. The van der Waals surface area contributed by atoms with Crippen LogP contribution in [-0.2, 0) is 0 Å². The van der Waals surface area contributed by atoms with E-state index in [4.69, 9.17) is 0 Å². The number of aromatic nitrogens is 2. The highest BCUT2D eigenvalue weighted by atomic mass is 19.3. The fraction of sp³-hybridized carbons (Fsp3) is 0.600. The summed E-state index contributed by atoms with van der Waals surface area (Å²) < 4.78 is 26.4. The fourth-order valence-corrected chi connectivity index (χ4v) is 2.06. The lowest BCUT2D eigenvalue weighted by Crippen LogP contribution is -2.40. The van der Waals surface area contributed by atoms with Crippen LogP contribution in [0.1, 0.15) is 38.1 Å². The molecule has 1 aromatic heterocycles. The summed E-state index contributed by atoms with van der Waals surface area (Å²) in [6.07, 6.45) is 1.18. The van der Waals surface area contributed by atoms with Crippen molar-refractivity contribution in [2.24, 2.45) is 0 Å². The summed E-state index contributed by atoms with van der Waals surface area (Å²) in [6.45, 7) is 5.46. The van der Waals surface area contributed by atoms with E-state index in [1.54, 1.807) is 20.8 Å². The summed E-state index contributed by atoms with van der Waals surface area (Å²) in [5.41, 5.74) is 0.00369. The molecule has 1 fully saturated rings. The van der Waals surface area contributed by atoms with Gasteiger partial charge in [-0.3, -0.25) is 4.98 Å². The van der Waals surface area contributed by atoms with Crippen LogP contribution in [0.25, 0.3) is 0 Å². The average Bonchev–Trinajstić information content (AvgIpc) is 2.37. The van der Waals surface area contributed by atoms with Crippen LogP contribution in [0.15, 0.2) is 6.20 Å². The van der Waals surface area contributed by atoms with E-state index in [2.05, 4.69) is 21.8 Å². The molecule has 21 heavy (non-hydrogen) atoms. The highest BCUT2D eigenvalue weighted by molar-refractivity contribution is 5.46. The van der Waals surface area contributed by atoms with Gasteiger partial charge < -0.3 is 10.0 Å². The predicted molar refractivity (Wildman–Crippen MR) is 76.3 cm³/mol. The summed E-state index contributed by atoms with van der Waals surface area (Å²) in [5.74, 6) is 3.43. The zero-order chi connectivity index (χ0) is 15.7. The van der Waals surface area contributed by atoms with Gasteiger partial charge in [-0.2, -0.15) is 0 Å². The summed E-state index contributed by atoms with van der Waals surface area (Å²) in [4.78, 5) is 10.4. The van der Waals surface area contributed by atoms with Gasteiger partial charge in [0.2, 0.25) is 0 Å². The monoisotopic (exact) mass is 295 g/mol. The second-order valence-electron chi connectivity index (χ2n) is 5.82. The Balaban J connectivity index is 2.22. The number of anilines is 1. The number of aryl methyl sites for hydroxylation is 1. The zero-order valence-electron chi connectivity index (χ0n) is 12.5. The first-order valence-corrected chi connectivity index (χ1v) is 6.88. The molecule has 0 unspecified atom stereocenters. The van der Waals surface area contributed by atoms with Crippen LogP contribution >= 0.6 is 0 Å². The van der Waals surface area contributed by atoms with Gasteiger partial charge >= 0.3 is 0 Å². The molecule has 0 radical (unpaired) electrons. The van der Waals surface area contributed by atoms with Crippen molar-refractivity contribution in [3.8, 4) is 11.8 Å². The summed E-state index contributed by atoms with van der Waals surface area (Å²) >= 11 is 0. The van der Waals surface area contributed by atoms with Gasteiger partial charge in [0.1, 0.15) is 11.3 Å². The van der Waals surface area contributed by atoms with Gasteiger partial charge in [-0.05, 0) is 26.7 Å². The molecule has 0 bridgehead atoms. The second kappa shape index (κ2) is 5.57. The first-order chi connectivity index (χ1) is 9.66. The number of hydrogen-bond donors (Lipinski definition) is 1. The maximum atomic E-state index is 13.2. The third-order valence-corrected chi connectivity index (χ3v) is 3.22. The largest absolute Gasteiger partial charge is 0.378 e. The molecule has 6 heteroatoms. The lowest BCUT2D eigenvalue weighted by molar-refractivity contribution is -0.0221. The zero-order valence-corrected chi connectivity index (χ0v) is 12.5. The second-order valence-corrected chi connectivity index (χ2v) is 5.82. The number of aliphatic hydroxyl groups is 1. The molecule has 0 aliphatic carbocycles. The maximum absolute atomic E-state index is 13.2. The van der Waals surface area contributed by atoms with Crippen molar-refractivity contribution in [2.75, 3.05) is 18.0 Å². The van der Waals surface area contributed by atoms with Gasteiger partial charge in [-0.15, -0.1) is 0 Å². The maximum Gasteiger partial charge on any atom is 0.251 e. The van der Waals surface area contributed by atoms with Crippen LogP contribution < -0.4 is 4.90 Å². The Kier molecular flexibility index (Phi) is 4.15. The third-order valence-electron chi connectivity index (χ3n) is 3.22. The Hall–Kier alpha value is -1.74. The molecule has 1 aromatic rings. The van der Waals surface area contributed by atoms with Crippen molar-refractivity contribution in [1.82, 2.24) is 9.97 Å². The Labute approximate surface area is 123 Å². The van der Waals surface area contributed by atoms with Gasteiger partial charge in [0.15, 0.2) is 5.82 Å². The van der Waals surface area contributed by atoms with Crippen molar-refractivity contribution in [2.45, 2.75) is 45.1 Å². The Bertz CT molecular complexity index is 575. The number of alkyl halides is 2. The van der Waals surface area contributed by atoms with Gasteiger partial charge in [-0.25, -0.2) is 13.8 Å². The van der Waals surface area contributed by atoms with E-state index >= 15 is 0 Å². The molecule has 4 nitrogen and oxygen atoms in total. The normalized spacial score (nSPS) is 18.1. The molecule has 0 aromatic carbocycles. The van der Waals surface area contributed by atoms with Gasteiger partial charge in [0.05, 0.1) is 11.9 Å². The quantitative estimate of drug-likeness (QED) is 0.807. The van der Waals surface area contributed by atoms with Crippen LogP contribution in [-0.4, -0.2) is 39.7 Å². The lowest BCUT2D eigenvalue weighted by atomic mass is 10.1. The molecular formula is C15H19F2N3O. The van der Waals surface area contributed by atoms with Crippen molar-refractivity contribution >= 4 is 5.82 Å². The minimum absolute atomic E-state index is 0.173. The summed E-state index contributed by atoms with van der Waals surface area (Å²) in [5, 5.41) is 9.59. The van der Waals surface area contributed by atoms with E-state index in [1.165, 1.54) is 6.20 Å². The number of halogens is 2. The van der Waals surface area contributed by atoms with Gasteiger partial charge in [0.25, 0.3) is 5.92 Å². The van der Waals surface area contributed by atoms with Crippen LogP contribution in [0.3, 0.4) is 0 Å². The Morgan fingerprint density at radius 1 is 1.33 bits per heavy atom. The smallest absolute Gasteiger partial charge is 0.251 e. The topological polar surface area (TPSA) is 49.3 Å². The highest BCUT2D eigenvalue weighted by Crippen LogP contribution is 2.30. The minimum atomic E-state index is -2.59. The third kappa shape index (κ3) is 4.36. The molecule has 1 N–H and O–H groups in total. The van der Waals surface area contributed by atoms with Crippen LogP contribution in [0.2, 0.25) is 0 Å². The first kappa shape index (κ1) is 15.6. The Morgan fingerprint density at radius 3 is 2.52 bits per heavy atom. The molecule has 0 atom stereocenters. The molecule has 1 saturated heterocycles. The number of piperidine rings is 1. The SMILES string of the molecule is Cc1ncc(C#CC(C)(C)O)nc1N1CCC(F)(F)CC1. The molecule has 114 valence electrons. The van der Waals surface area contributed by atoms with Crippen molar-refractivity contribution in [3.63, 3.8) is 0 Å². The van der Waals surface area contributed by atoms with Crippen LogP contribution in [0, 0.1) is 18.8 Å². The molecule has 1 aliphatic rings. The molecule has 0 spiro atoms. The Morgan fingerprint density at radius 2 is 1.95 bits per heavy atom. The van der Waals surface area contributed by atoms with E-state index in [9.17, 15) is 13.9 Å². The number of nitrogens with zero attached hydrogens (tertiary/aromatic N) is 3. The van der Waals surface area contributed by atoms with E-state index in [-0.39, 0.29) is 25.9 Å². The molecule has 0 amide bonds. The number of rotatable bonds is 1. The lowest BCUT2D eigenvalue weighted by Gasteiger charge is -2.33. The minimum Gasteiger partial charge on any atom is -0.378 e. The van der Waals surface area contributed by atoms with E-state index in [0.29, 0.717) is 17.2 Å². The molecule has 0 saturated carbocycles. The van der Waals surface area contributed by atoms with Crippen molar-refractivity contribution in [3.05, 3.63) is 17.6 Å². The van der Waals surface area contributed by atoms with Crippen LogP contribution in [0.5, 0.6) is 0 Å². The molecular weight excluding hydrogens is 276 g/mol. The van der Waals surface area contributed by atoms with E-state index < -0.39 is 11.5 Å². The summed E-state index contributed by atoms with van der Waals surface area (Å²) in [6, 6.07) is 0. The highest BCUT2D eigenvalue weighted by Gasteiger charge is 2.34. The molecule has 2 rings (SSSR count). The fourth-order valence-electron chi connectivity index (χ4n) is 2.06. The number of hydrogen-bond acceptors (Lipinski definition) is 4. The first-order valence-electron chi connectivity index (χ1n) is 6.88. The van der Waals surface area contributed by atoms with Gasteiger partial charge in [0, 0.05) is 25.9 Å². The molecule has 1 aliphatic heterocycles. The van der Waals surface area contributed by atoms with Gasteiger partial charge in [-0.1, -0.05) is 5.92 Å². The summed E-state index contributed by atoms with van der Waals surface area (Å²) in [7, 11) is 0.